The van der Waals surface area contributed by atoms with Gasteiger partial charge in [0.15, 0.2) is 4.96 Å². The van der Waals surface area contributed by atoms with Crippen LogP contribution in [0.1, 0.15) is 18.4 Å². The monoisotopic (exact) mass is 428 g/mol. The molecule has 6 nitrogen and oxygen atoms in total. The molecule has 1 fully saturated rings. The van der Waals surface area contributed by atoms with Crippen molar-refractivity contribution in [2.75, 3.05) is 13.1 Å². The number of hydrogen-bond donors (Lipinski definition) is 0. The molecule has 0 N–H and O–H groups in total. The van der Waals surface area contributed by atoms with E-state index in [1.54, 1.807) is 4.40 Å². The summed E-state index contributed by atoms with van der Waals surface area (Å²) in [6.45, 7) is 2.01. The van der Waals surface area contributed by atoms with Crippen LogP contribution in [0.3, 0.4) is 0 Å². The van der Waals surface area contributed by atoms with Crippen LogP contribution in [0.4, 0.5) is 0 Å². The Morgan fingerprint density at radius 3 is 2.61 bits per heavy atom. The topological polar surface area (TPSA) is 59.6 Å². The van der Waals surface area contributed by atoms with Gasteiger partial charge in [0.2, 0.25) is 5.91 Å². The van der Waals surface area contributed by atoms with E-state index in [0.29, 0.717) is 16.0 Å². The Balaban J connectivity index is 1.47. The van der Waals surface area contributed by atoms with Gasteiger partial charge in [0.05, 0.1) is 15.6 Å². The predicted octanol–water partition coefficient (Wildman–Crippen LogP) is 3.03. The lowest BCUT2D eigenvalue weighted by atomic mass is 10.2. The first kappa shape index (κ1) is 18.3. The Labute approximate surface area is 181 Å². The molecule has 154 valence electrons. The number of fused-ring (bicyclic) bond motifs is 4. The number of para-hydroxylation sites is 3. The van der Waals surface area contributed by atoms with Gasteiger partial charge in [-0.25, -0.2) is 9.38 Å². The minimum atomic E-state index is -0.0568. The molecule has 0 unspecified atom stereocenters. The number of thiazole rings is 1. The number of carbonyl (C=O) groups excluding carboxylic acids is 1. The fourth-order valence-electron chi connectivity index (χ4n) is 4.49. The highest BCUT2D eigenvalue weighted by molar-refractivity contribution is 7.15. The lowest BCUT2D eigenvalue weighted by Gasteiger charge is -2.15. The number of likely N-dealkylation sites (tertiary alicyclic amines) is 1. The summed E-state index contributed by atoms with van der Waals surface area (Å²) in [5, 5.41) is 1.03. The van der Waals surface area contributed by atoms with Gasteiger partial charge in [0.25, 0.3) is 5.56 Å². The van der Waals surface area contributed by atoms with Crippen molar-refractivity contribution in [3.63, 3.8) is 0 Å². The van der Waals surface area contributed by atoms with Crippen LogP contribution in [-0.2, 0) is 11.3 Å². The van der Waals surface area contributed by atoms with Gasteiger partial charge in [-0.3, -0.25) is 9.59 Å². The van der Waals surface area contributed by atoms with Crippen molar-refractivity contribution < 1.29 is 4.79 Å². The molecule has 0 radical (unpaired) electrons. The minimum absolute atomic E-state index is 0.0568. The fraction of sp³-hybridized carbons (Fsp3) is 0.208. The van der Waals surface area contributed by atoms with Crippen LogP contribution in [-0.4, -0.2) is 37.8 Å². The molecule has 31 heavy (non-hydrogen) atoms. The summed E-state index contributed by atoms with van der Waals surface area (Å²) in [5.74, 6) is 0.148. The third kappa shape index (κ3) is 2.96. The van der Waals surface area contributed by atoms with Gasteiger partial charge in [-0.2, -0.15) is 0 Å². The van der Waals surface area contributed by atoms with Crippen LogP contribution >= 0.6 is 11.3 Å². The SMILES string of the molecule is O=C(Cn1cc(C=c2sc3nc4ccccc4n3c2=O)c2ccccc21)N1CCCC1. The van der Waals surface area contributed by atoms with Gasteiger partial charge >= 0.3 is 0 Å². The summed E-state index contributed by atoms with van der Waals surface area (Å²) in [7, 11) is 0. The van der Waals surface area contributed by atoms with Crippen LogP contribution in [0.25, 0.3) is 33.0 Å². The molecule has 1 aliphatic heterocycles. The highest BCUT2D eigenvalue weighted by Gasteiger charge is 2.19. The summed E-state index contributed by atoms with van der Waals surface area (Å²) < 4.78 is 4.32. The number of aromatic nitrogens is 3. The van der Waals surface area contributed by atoms with Crippen LogP contribution in [0.15, 0.2) is 59.5 Å². The maximum Gasteiger partial charge on any atom is 0.274 e. The van der Waals surface area contributed by atoms with Gasteiger partial charge in [0.1, 0.15) is 6.54 Å². The molecule has 1 amide bonds. The lowest BCUT2D eigenvalue weighted by molar-refractivity contribution is -0.130. The summed E-state index contributed by atoms with van der Waals surface area (Å²) in [4.78, 5) is 33.1. The number of hydrogen-bond acceptors (Lipinski definition) is 4. The van der Waals surface area contributed by atoms with Crippen molar-refractivity contribution in [1.82, 2.24) is 18.9 Å². The van der Waals surface area contributed by atoms with E-state index in [-0.39, 0.29) is 11.5 Å². The number of nitrogens with zero attached hydrogens (tertiary/aromatic N) is 4. The summed E-state index contributed by atoms with van der Waals surface area (Å²) in [6, 6.07) is 15.7. The van der Waals surface area contributed by atoms with Crippen molar-refractivity contribution in [3.8, 4) is 0 Å². The molecule has 0 saturated carbocycles. The zero-order valence-electron chi connectivity index (χ0n) is 16.8. The molecule has 0 spiro atoms. The lowest BCUT2D eigenvalue weighted by Crippen LogP contribution is -2.30. The van der Waals surface area contributed by atoms with E-state index in [0.717, 1.165) is 53.4 Å². The Bertz CT molecular complexity index is 1570. The third-order valence-corrected chi connectivity index (χ3v) is 6.98. The molecule has 4 heterocycles. The number of rotatable bonds is 3. The van der Waals surface area contributed by atoms with Crippen molar-refractivity contribution >= 4 is 50.2 Å². The molecule has 6 rings (SSSR count). The van der Waals surface area contributed by atoms with E-state index in [2.05, 4.69) is 4.98 Å². The minimum Gasteiger partial charge on any atom is -0.341 e. The molecule has 1 aliphatic rings. The van der Waals surface area contributed by atoms with E-state index < -0.39 is 0 Å². The van der Waals surface area contributed by atoms with Crippen LogP contribution in [0.2, 0.25) is 0 Å². The summed E-state index contributed by atoms with van der Waals surface area (Å²) in [6.07, 6.45) is 6.07. The summed E-state index contributed by atoms with van der Waals surface area (Å²) >= 11 is 1.40. The Kier molecular flexibility index (Phi) is 4.17. The Morgan fingerprint density at radius 2 is 1.77 bits per heavy atom. The molecule has 2 aromatic carbocycles. The number of benzene rings is 2. The van der Waals surface area contributed by atoms with Crippen molar-refractivity contribution in [2.45, 2.75) is 19.4 Å². The standard InChI is InChI=1S/C24H20N4O2S/c29-22(26-11-5-6-12-26)15-27-14-16(17-7-1-3-9-19(17)27)13-21-23(30)28-20-10-4-2-8-18(20)25-24(28)31-21/h1-4,7-10,13-14H,5-6,11-12,15H2. The molecule has 0 aliphatic carbocycles. The van der Waals surface area contributed by atoms with Crippen LogP contribution in [0.5, 0.6) is 0 Å². The molecule has 5 aromatic rings. The molecule has 7 heteroatoms. The van der Waals surface area contributed by atoms with Crippen molar-refractivity contribution in [3.05, 3.63) is 75.2 Å². The average Bonchev–Trinajstić information content (AvgIpc) is 3.55. The second-order valence-electron chi connectivity index (χ2n) is 7.95. The van der Waals surface area contributed by atoms with Gasteiger partial charge in [-0.1, -0.05) is 41.7 Å². The quantitative estimate of drug-likeness (QED) is 0.444. The fourth-order valence-corrected chi connectivity index (χ4v) is 5.46. The highest BCUT2D eigenvalue weighted by atomic mass is 32.1. The predicted molar refractivity (Wildman–Crippen MR) is 123 cm³/mol. The normalized spacial score (nSPS) is 15.1. The van der Waals surface area contributed by atoms with E-state index in [9.17, 15) is 9.59 Å². The van der Waals surface area contributed by atoms with Crippen molar-refractivity contribution in [1.29, 1.82) is 0 Å². The van der Waals surface area contributed by atoms with Crippen molar-refractivity contribution in [2.24, 2.45) is 0 Å². The van der Waals surface area contributed by atoms with E-state index in [1.807, 2.05) is 70.3 Å². The largest absolute Gasteiger partial charge is 0.341 e. The number of amides is 1. The van der Waals surface area contributed by atoms with E-state index >= 15 is 0 Å². The van der Waals surface area contributed by atoms with Crippen LogP contribution in [0, 0.1) is 0 Å². The molecular weight excluding hydrogens is 408 g/mol. The Morgan fingerprint density at radius 1 is 1.03 bits per heavy atom. The van der Waals surface area contributed by atoms with Gasteiger partial charge in [-0.05, 0) is 37.1 Å². The maximum atomic E-state index is 13.1. The first-order chi connectivity index (χ1) is 15.2. The van der Waals surface area contributed by atoms with Crippen LogP contribution < -0.4 is 10.1 Å². The average molecular weight is 429 g/mol. The first-order valence-electron chi connectivity index (χ1n) is 10.5. The van der Waals surface area contributed by atoms with E-state index in [1.165, 1.54) is 11.3 Å². The zero-order chi connectivity index (χ0) is 20.9. The highest BCUT2D eigenvalue weighted by Crippen LogP contribution is 2.23. The molecule has 1 saturated heterocycles. The molecule has 0 atom stereocenters. The molecule has 0 bridgehead atoms. The van der Waals surface area contributed by atoms with E-state index in [4.69, 9.17) is 0 Å². The Hall–Kier alpha value is -3.45. The molecule has 3 aromatic heterocycles. The van der Waals surface area contributed by atoms with Gasteiger partial charge in [0, 0.05) is 35.8 Å². The van der Waals surface area contributed by atoms with Gasteiger partial charge < -0.3 is 9.47 Å². The van der Waals surface area contributed by atoms with Gasteiger partial charge in [-0.15, -0.1) is 0 Å². The third-order valence-electron chi connectivity index (χ3n) is 6.02. The number of imidazole rings is 1. The second kappa shape index (κ2) is 7.06. The second-order valence-corrected chi connectivity index (χ2v) is 8.96. The molecular formula is C24H20N4O2S. The first-order valence-corrected chi connectivity index (χ1v) is 11.3. The maximum absolute atomic E-state index is 13.1. The zero-order valence-corrected chi connectivity index (χ0v) is 17.6. The number of carbonyl (C=O) groups is 1. The summed E-state index contributed by atoms with van der Waals surface area (Å²) in [5.41, 5.74) is 3.54. The smallest absolute Gasteiger partial charge is 0.274 e.